The highest BCUT2D eigenvalue weighted by Gasteiger charge is 2.11. The van der Waals surface area contributed by atoms with Gasteiger partial charge in [-0.1, -0.05) is 11.6 Å². The van der Waals surface area contributed by atoms with Crippen LogP contribution in [0.1, 0.15) is 5.56 Å². The van der Waals surface area contributed by atoms with E-state index in [9.17, 15) is 13.2 Å². The molecule has 0 spiro atoms. The molecule has 1 nitrogen and oxygen atoms in total. The highest BCUT2D eigenvalue weighted by molar-refractivity contribution is 6.32. The van der Waals surface area contributed by atoms with E-state index < -0.39 is 12.4 Å². The lowest BCUT2D eigenvalue weighted by atomic mass is 10.2. The Hall–Kier alpha value is -0.900. The monoisotopic (exact) mass is 210 g/mol. The van der Waals surface area contributed by atoms with E-state index in [2.05, 4.69) is 4.74 Å². The van der Waals surface area contributed by atoms with Crippen LogP contribution in [-0.2, 0) is 0 Å². The van der Waals surface area contributed by atoms with Gasteiger partial charge < -0.3 is 4.74 Å². The van der Waals surface area contributed by atoms with Crippen molar-refractivity contribution in [3.8, 4) is 5.75 Å². The molecule has 0 amide bonds. The number of ether oxygens (including phenoxy) is 1. The predicted molar refractivity (Wildman–Crippen MR) is 42.8 cm³/mol. The first kappa shape index (κ1) is 10.2. The average Bonchev–Trinajstić information content (AvgIpc) is 1.99. The Bertz CT molecular complexity index is 315. The predicted octanol–water partition coefficient (Wildman–Crippen LogP) is 3.39. The quantitative estimate of drug-likeness (QED) is 0.727. The van der Waals surface area contributed by atoms with Crippen LogP contribution in [0.4, 0.5) is 13.2 Å². The van der Waals surface area contributed by atoms with Crippen molar-refractivity contribution in [1.82, 2.24) is 0 Å². The van der Waals surface area contributed by atoms with E-state index in [-0.39, 0.29) is 16.3 Å². The molecule has 0 aliphatic heterocycles. The van der Waals surface area contributed by atoms with E-state index >= 15 is 0 Å². The summed E-state index contributed by atoms with van der Waals surface area (Å²) in [6, 6.07) is 2.07. The molecule has 1 aromatic rings. The van der Waals surface area contributed by atoms with Crippen molar-refractivity contribution in [2.24, 2.45) is 0 Å². The summed E-state index contributed by atoms with van der Waals surface area (Å²) in [5.41, 5.74) is 0.284. The Morgan fingerprint density at radius 2 is 2.00 bits per heavy atom. The number of hydrogen-bond donors (Lipinski definition) is 0. The maximum atomic E-state index is 12.8. The van der Waals surface area contributed by atoms with Crippen LogP contribution in [0.2, 0.25) is 5.02 Å². The molecular weight excluding hydrogens is 205 g/mol. The van der Waals surface area contributed by atoms with Gasteiger partial charge in [-0.15, -0.1) is 0 Å². The first-order chi connectivity index (χ1) is 6.00. The molecule has 1 aromatic carbocycles. The number of alkyl halides is 2. The van der Waals surface area contributed by atoms with E-state index in [1.165, 1.54) is 13.0 Å². The molecule has 0 aliphatic carbocycles. The van der Waals surface area contributed by atoms with Gasteiger partial charge in [0.2, 0.25) is 0 Å². The molecule has 0 bridgehead atoms. The van der Waals surface area contributed by atoms with Crippen molar-refractivity contribution >= 4 is 11.6 Å². The lowest BCUT2D eigenvalue weighted by Crippen LogP contribution is -2.03. The molecule has 0 N–H and O–H groups in total. The molecule has 5 heteroatoms. The standard InChI is InChI=1S/C8H6ClF3O/c1-4-2-5(9)7(3-6(4)10)13-8(11)12/h2-3,8H,1H3. The van der Waals surface area contributed by atoms with Gasteiger partial charge in [-0.3, -0.25) is 0 Å². The Balaban J connectivity index is 3.01. The third-order valence-electron chi connectivity index (χ3n) is 1.43. The Labute approximate surface area is 78.1 Å². The molecule has 0 unspecified atom stereocenters. The highest BCUT2D eigenvalue weighted by Crippen LogP contribution is 2.28. The largest absolute Gasteiger partial charge is 0.433 e. The van der Waals surface area contributed by atoms with Crippen molar-refractivity contribution in [3.63, 3.8) is 0 Å². The number of aryl methyl sites for hydroxylation is 1. The highest BCUT2D eigenvalue weighted by atomic mass is 35.5. The van der Waals surface area contributed by atoms with E-state index in [4.69, 9.17) is 11.6 Å². The number of rotatable bonds is 2. The maximum Gasteiger partial charge on any atom is 0.387 e. The van der Waals surface area contributed by atoms with Gasteiger partial charge in [-0.05, 0) is 18.6 Å². The first-order valence-electron chi connectivity index (χ1n) is 3.41. The third kappa shape index (κ3) is 2.52. The molecule has 0 saturated carbocycles. The van der Waals surface area contributed by atoms with Crippen LogP contribution in [0.3, 0.4) is 0 Å². The Morgan fingerprint density at radius 1 is 1.38 bits per heavy atom. The minimum atomic E-state index is -3.00. The van der Waals surface area contributed by atoms with Crippen LogP contribution in [0.15, 0.2) is 12.1 Å². The third-order valence-corrected chi connectivity index (χ3v) is 1.72. The summed E-state index contributed by atoms with van der Waals surface area (Å²) in [5.74, 6) is -0.972. The summed E-state index contributed by atoms with van der Waals surface area (Å²) in [4.78, 5) is 0. The van der Waals surface area contributed by atoms with Crippen molar-refractivity contribution in [1.29, 1.82) is 0 Å². The van der Waals surface area contributed by atoms with Crippen molar-refractivity contribution in [3.05, 3.63) is 28.5 Å². The number of benzene rings is 1. The first-order valence-corrected chi connectivity index (χ1v) is 3.79. The molecule has 1 rings (SSSR count). The molecule has 0 aliphatic rings. The normalized spacial score (nSPS) is 10.6. The van der Waals surface area contributed by atoms with Crippen LogP contribution < -0.4 is 4.74 Å². The minimum Gasteiger partial charge on any atom is -0.433 e. The molecule has 0 aromatic heterocycles. The Kier molecular flexibility index (Phi) is 3.03. The van der Waals surface area contributed by atoms with E-state index in [0.29, 0.717) is 0 Å². The zero-order valence-corrected chi connectivity index (χ0v) is 7.41. The van der Waals surface area contributed by atoms with Crippen LogP contribution >= 0.6 is 11.6 Å². The van der Waals surface area contributed by atoms with E-state index in [1.54, 1.807) is 0 Å². The summed E-state index contributed by atoms with van der Waals surface area (Å²) in [6.45, 7) is -1.52. The van der Waals surface area contributed by atoms with Gasteiger partial charge in [-0.25, -0.2) is 4.39 Å². The molecule has 0 heterocycles. The molecule has 13 heavy (non-hydrogen) atoms. The van der Waals surface area contributed by atoms with Crippen molar-refractivity contribution in [2.75, 3.05) is 0 Å². The minimum absolute atomic E-state index is 0.0285. The molecule has 0 atom stereocenters. The second-order valence-electron chi connectivity index (χ2n) is 2.41. The van der Waals surface area contributed by atoms with Gasteiger partial charge in [0.15, 0.2) is 0 Å². The maximum absolute atomic E-state index is 12.8. The SMILES string of the molecule is Cc1cc(Cl)c(OC(F)F)cc1F. The molecule has 0 saturated heterocycles. The van der Waals surface area contributed by atoms with Gasteiger partial charge in [-0.2, -0.15) is 8.78 Å². The summed E-state index contributed by atoms with van der Waals surface area (Å²) in [5, 5.41) is -0.0285. The smallest absolute Gasteiger partial charge is 0.387 e. The van der Waals surface area contributed by atoms with Gasteiger partial charge in [0.1, 0.15) is 11.6 Å². The van der Waals surface area contributed by atoms with Crippen LogP contribution in [-0.4, -0.2) is 6.61 Å². The zero-order valence-electron chi connectivity index (χ0n) is 6.65. The molecule has 0 fully saturated rings. The second kappa shape index (κ2) is 3.87. The van der Waals surface area contributed by atoms with Crippen LogP contribution in [0, 0.1) is 12.7 Å². The fourth-order valence-electron chi connectivity index (χ4n) is 0.814. The second-order valence-corrected chi connectivity index (χ2v) is 2.82. The van der Waals surface area contributed by atoms with E-state index in [0.717, 1.165) is 6.07 Å². The fraction of sp³-hybridized carbons (Fsp3) is 0.250. The lowest BCUT2D eigenvalue weighted by molar-refractivity contribution is -0.0499. The summed E-state index contributed by atoms with van der Waals surface area (Å²) < 4.78 is 40.3. The summed E-state index contributed by atoms with van der Waals surface area (Å²) >= 11 is 5.52. The number of hydrogen-bond acceptors (Lipinski definition) is 1. The zero-order chi connectivity index (χ0) is 10.0. The van der Waals surface area contributed by atoms with Gasteiger partial charge in [0, 0.05) is 6.07 Å². The Morgan fingerprint density at radius 3 is 2.54 bits per heavy atom. The van der Waals surface area contributed by atoms with Crippen LogP contribution in [0.5, 0.6) is 5.75 Å². The van der Waals surface area contributed by atoms with E-state index in [1.807, 2.05) is 0 Å². The molecular formula is C8H6ClF3O. The number of halogens is 4. The lowest BCUT2D eigenvalue weighted by Gasteiger charge is -2.07. The van der Waals surface area contributed by atoms with Crippen molar-refractivity contribution < 1.29 is 17.9 Å². The van der Waals surface area contributed by atoms with Gasteiger partial charge >= 0.3 is 6.61 Å². The molecule has 72 valence electrons. The van der Waals surface area contributed by atoms with Gasteiger partial charge in [0.05, 0.1) is 5.02 Å². The summed E-state index contributed by atoms with van der Waals surface area (Å²) in [6.07, 6.45) is 0. The van der Waals surface area contributed by atoms with Crippen LogP contribution in [0.25, 0.3) is 0 Å². The summed E-state index contributed by atoms with van der Waals surface area (Å²) in [7, 11) is 0. The van der Waals surface area contributed by atoms with Gasteiger partial charge in [0.25, 0.3) is 0 Å². The van der Waals surface area contributed by atoms with Crippen molar-refractivity contribution in [2.45, 2.75) is 13.5 Å². The fourth-order valence-corrected chi connectivity index (χ4v) is 1.08. The molecule has 0 radical (unpaired) electrons. The average molecular weight is 211 g/mol. The topological polar surface area (TPSA) is 9.23 Å².